The second-order valence-corrected chi connectivity index (χ2v) is 5.11. The van der Waals surface area contributed by atoms with Crippen LogP contribution in [0.2, 0.25) is 0 Å². The Labute approximate surface area is 105 Å². The Morgan fingerprint density at radius 1 is 1.35 bits per heavy atom. The molecule has 0 fully saturated rings. The van der Waals surface area contributed by atoms with Crippen LogP contribution in [-0.2, 0) is 7.05 Å². The van der Waals surface area contributed by atoms with E-state index in [1.54, 1.807) is 4.68 Å². The number of hydrogen-bond donors (Lipinski definition) is 0. The summed E-state index contributed by atoms with van der Waals surface area (Å²) in [7, 11) is 1.86. The Hall–Kier alpha value is -1.36. The first kappa shape index (κ1) is 12.1. The molecule has 90 valence electrons. The number of rotatable bonds is 4. The Kier molecular flexibility index (Phi) is 3.78. The van der Waals surface area contributed by atoms with E-state index in [0.717, 1.165) is 23.6 Å². The van der Waals surface area contributed by atoms with E-state index in [9.17, 15) is 0 Å². The molecule has 0 atom stereocenters. The van der Waals surface area contributed by atoms with Crippen molar-refractivity contribution >= 4 is 11.8 Å². The van der Waals surface area contributed by atoms with E-state index < -0.39 is 0 Å². The Morgan fingerprint density at radius 3 is 2.82 bits per heavy atom. The van der Waals surface area contributed by atoms with Gasteiger partial charge in [0.15, 0.2) is 5.82 Å². The molecular weight excluding hydrogens is 232 g/mol. The summed E-state index contributed by atoms with van der Waals surface area (Å²) < 4.78 is 1.71. The summed E-state index contributed by atoms with van der Waals surface area (Å²) in [6.45, 7) is 4.29. The zero-order chi connectivity index (χ0) is 12.3. The number of aryl methyl sites for hydroxylation is 2. The molecule has 0 aliphatic carbocycles. The van der Waals surface area contributed by atoms with Gasteiger partial charge in [-0.05, 0) is 47.2 Å². The summed E-state index contributed by atoms with van der Waals surface area (Å²) in [6.07, 6.45) is 1.16. The van der Waals surface area contributed by atoms with E-state index in [1.165, 1.54) is 10.5 Å². The highest BCUT2D eigenvalue weighted by Gasteiger charge is 2.11. The van der Waals surface area contributed by atoms with E-state index >= 15 is 0 Å². The lowest BCUT2D eigenvalue weighted by Gasteiger charge is -2.08. The Bertz CT molecular complexity index is 507. The van der Waals surface area contributed by atoms with Crippen molar-refractivity contribution in [2.75, 3.05) is 5.75 Å². The number of tetrazole rings is 1. The normalized spacial score (nSPS) is 10.8. The largest absolute Gasteiger partial charge is 0.229 e. The number of nitrogens with zero attached hydrogens (tertiary/aromatic N) is 4. The zero-order valence-electron chi connectivity index (χ0n) is 10.3. The second kappa shape index (κ2) is 5.31. The molecule has 0 saturated carbocycles. The van der Waals surface area contributed by atoms with E-state index in [-0.39, 0.29) is 0 Å². The molecule has 0 aliphatic rings. The zero-order valence-corrected chi connectivity index (χ0v) is 11.2. The summed E-state index contributed by atoms with van der Waals surface area (Å²) in [6, 6.07) is 6.39. The topological polar surface area (TPSA) is 43.6 Å². The molecule has 0 aliphatic heterocycles. The van der Waals surface area contributed by atoms with E-state index in [2.05, 4.69) is 47.6 Å². The van der Waals surface area contributed by atoms with Crippen LogP contribution >= 0.6 is 11.8 Å². The van der Waals surface area contributed by atoms with Gasteiger partial charge in [-0.2, -0.15) is 0 Å². The van der Waals surface area contributed by atoms with Crippen LogP contribution in [0.15, 0.2) is 23.1 Å². The van der Waals surface area contributed by atoms with E-state index in [0.29, 0.717) is 0 Å². The molecular formula is C12H16N4S. The fourth-order valence-electron chi connectivity index (χ4n) is 1.60. The van der Waals surface area contributed by atoms with Crippen molar-refractivity contribution in [3.8, 4) is 11.4 Å². The number of hydrogen-bond acceptors (Lipinski definition) is 4. The smallest absolute Gasteiger partial charge is 0.182 e. The third-order valence-corrected chi connectivity index (χ3v) is 3.72. The summed E-state index contributed by atoms with van der Waals surface area (Å²) in [5.74, 6) is 1.94. The van der Waals surface area contributed by atoms with Crippen LogP contribution in [0.1, 0.15) is 18.9 Å². The van der Waals surface area contributed by atoms with Crippen molar-refractivity contribution in [3.63, 3.8) is 0 Å². The predicted octanol–water partition coefficient (Wildman–Crippen LogP) is 2.69. The molecule has 17 heavy (non-hydrogen) atoms. The van der Waals surface area contributed by atoms with Crippen LogP contribution in [0.5, 0.6) is 0 Å². The van der Waals surface area contributed by atoms with Crippen LogP contribution in [-0.4, -0.2) is 26.0 Å². The fraction of sp³-hybridized carbons (Fsp3) is 0.417. The summed E-state index contributed by atoms with van der Waals surface area (Å²) in [4.78, 5) is 1.25. The van der Waals surface area contributed by atoms with Crippen molar-refractivity contribution in [1.82, 2.24) is 20.2 Å². The van der Waals surface area contributed by atoms with Gasteiger partial charge in [-0.25, -0.2) is 4.68 Å². The van der Waals surface area contributed by atoms with Crippen molar-refractivity contribution in [1.29, 1.82) is 0 Å². The standard InChI is InChI=1S/C12H16N4S/c1-4-7-17-11-8-9(2)5-6-10(11)12-13-14-15-16(12)3/h5-6,8H,4,7H2,1-3H3. The number of aromatic nitrogens is 4. The molecule has 0 spiro atoms. The Morgan fingerprint density at radius 2 is 2.18 bits per heavy atom. The molecule has 0 amide bonds. The van der Waals surface area contributed by atoms with Crippen LogP contribution in [0.4, 0.5) is 0 Å². The molecule has 4 nitrogen and oxygen atoms in total. The van der Waals surface area contributed by atoms with Gasteiger partial charge < -0.3 is 0 Å². The molecule has 1 heterocycles. The minimum atomic E-state index is 0.823. The molecule has 0 bridgehead atoms. The van der Waals surface area contributed by atoms with Crippen LogP contribution in [0, 0.1) is 6.92 Å². The van der Waals surface area contributed by atoms with Crippen molar-refractivity contribution in [3.05, 3.63) is 23.8 Å². The van der Waals surface area contributed by atoms with Gasteiger partial charge >= 0.3 is 0 Å². The molecule has 1 aromatic heterocycles. The minimum absolute atomic E-state index is 0.823. The molecule has 2 rings (SSSR count). The lowest BCUT2D eigenvalue weighted by atomic mass is 10.1. The third-order valence-electron chi connectivity index (χ3n) is 2.46. The van der Waals surface area contributed by atoms with Crippen molar-refractivity contribution in [2.24, 2.45) is 7.05 Å². The molecule has 0 radical (unpaired) electrons. The molecule has 1 aromatic carbocycles. The summed E-state index contributed by atoms with van der Waals surface area (Å²) >= 11 is 1.86. The first-order valence-electron chi connectivity index (χ1n) is 5.68. The Balaban J connectivity index is 2.42. The van der Waals surface area contributed by atoms with Crippen LogP contribution < -0.4 is 0 Å². The van der Waals surface area contributed by atoms with Gasteiger partial charge in [-0.1, -0.05) is 13.0 Å². The van der Waals surface area contributed by atoms with Crippen LogP contribution in [0.3, 0.4) is 0 Å². The fourth-order valence-corrected chi connectivity index (χ4v) is 2.61. The molecule has 0 unspecified atom stereocenters. The molecule has 0 N–H and O–H groups in total. The van der Waals surface area contributed by atoms with Crippen molar-refractivity contribution in [2.45, 2.75) is 25.2 Å². The van der Waals surface area contributed by atoms with Crippen molar-refractivity contribution < 1.29 is 0 Å². The highest BCUT2D eigenvalue weighted by atomic mass is 32.2. The van der Waals surface area contributed by atoms with E-state index in [1.807, 2.05) is 18.8 Å². The van der Waals surface area contributed by atoms with Gasteiger partial charge in [-0.15, -0.1) is 16.9 Å². The SMILES string of the molecule is CCCSc1cc(C)ccc1-c1nnnn1C. The second-order valence-electron chi connectivity index (χ2n) is 3.97. The predicted molar refractivity (Wildman–Crippen MR) is 70.0 cm³/mol. The first-order valence-corrected chi connectivity index (χ1v) is 6.67. The lowest BCUT2D eigenvalue weighted by Crippen LogP contribution is -1.96. The third kappa shape index (κ3) is 2.66. The molecule has 2 aromatic rings. The maximum atomic E-state index is 4.07. The van der Waals surface area contributed by atoms with Gasteiger partial charge in [-0.3, -0.25) is 0 Å². The number of thioether (sulfide) groups is 1. The van der Waals surface area contributed by atoms with Gasteiger partial charge in [0.2, 0.25) is 0 Å². The monoisotopic (exact) mass is 248 g/mol. The highest BCUT2D eigenvalue weighted by molar-refractivity contribution is 7.99. The summed E-state index contributed by atoms with van der Waals surface area (Å²) in [5, 5.41) is 11.7. The summed E-state index contributed by atoms with van der Waals surface area (Å²) in [5.41, 5.74) is 2.38. The average Bonchev–Trinajstić information content (AvgIpc) is 2.73. The maximum Gasteiger partial charge on any atom is 0.182 e. The van der Waals surface area contributed by atoms with Gasteiger partial charge in [0, 0.05) is 17.5 Å². The highest BCUT2D eigenvalue weighted by Crippen LogP contribution is 2.30. The molecule has 5 heteroatoms. The van der Waals surface area contributed by atoms with Gasteiger partial charge in [0.05, 0.1) is 0 Å². The minimum Gasteiger partial charge on any atom is -0.229 e. The van der Waals surface area contributed by atoms with Crippen LogP contribution in [0.25, 0.3) is 11.4 Å². The first-order chi connectivity index (χ1) is 8.22. The molecule has 0 saturated heterocycles. The van der Waals surface area contributed by atoms with E-state index in [4.69, 9.17) is 0 Å². The average molecular weight is 248 g/mol. The quantitative estimate of drug-likeness (QED) is 0.780. The van der Waals surface area contributed by atoms with Gasteiger partial charge in [0.25, 0.3) is 0 Å². The maximum absolute atomic E-state index is 4.07. The lowest BCUT2D eigenvalue weighted by molar-refractivity contribution is 0.714. The van der Waals surface area contributed by atoms with Gasteiger partial charge in [0.1, 0.15) is 0 Å². The number of benzene rings is 1.